The van der Waals surface area contributed by atoms with Gasteiger partial charge in [0, 0.05) is 11.3 Å². The van der Waals surface area contributed by atoms with Crippen LogP contribution in [-0.2, 0) is 10.0 Å². The van der Waals surface area contributed by atoms with Crippen molar-refractivity contribution in [2.45, 2.75) is 4.90 Å². The largest absolute Gasteiger partial charge is 0.323 e. The van der Waals surface area contributed by atoms with Gasteiger partial charge in [-0.25, -0.2) is 17.6 Å². The van der Waals surface area contributed by atoms with Gasteiger partial charge in [-0.3, -0.25) is 9.52 Å². The van der Waals surface area contributed by atoms with Crippen LogP contribution in [0.15, 0.2) is 76.4 Å². The molecule has 4 rings (SSSR count). The Hall–Kier alpha value is -3.92. The Balaban J connectivity index is 1.57. The summed E-state index contributed by atoms with van der Waals surface area (Å²) in [6.45, 7) is 0. The van der Waals surface area contributed by atoms with E-state index < -0.39 is 21.7 Å². The van der Waals surface area contributed by atoms with Crippen LogP contribution in [0.25, 0.3) is 11.0 Å². The van der Waals surface area contributed by atoms with E-state index in [0.29, 0.717) is 16.7 Å². The summed E-state index contributed by atoms with van der Waals surface area (Å²) in [4.78, 5) is 28.9. The molecule has 0 spiro atoms. The maximum absolute atomic E-state index is 13.8. The van der Waals surface area contributed by atoms with Crippen LogP contribution in [0.3, 0.4) is 0 Å². The summed E-state index contributed by atoms with van der Waals surface area (Å²) in [6, 6.07) is 15.5. The Bertz CT molecular complexity index is 1430. The molecule has 4 N–H and O–H groups in total. The second-order valence-corrected chi connectivity index (χ2v) is 8.09. The van der Waals surface area contributed by atoms with E-state index in [0.717, 1.165) is 6.07 Å². The van der Waals surface area contributed by atoms with Gasteiger partial charge in [0.1, 0.15) is 5.82 Å². The molecule has 8 nitrogen and oxygen atoms in total. The smallest absolute Gasteiger partial charge is 0.322 e. The van der Waals surface area contributed by atoms with Gasteiger partial charge < -0.3 is 15.3 Å². The minimum Gasteiger partial charge on any atom is -0.322 e. The summed E-state index contributed by atoms with van der Waals surface area (Å²) in [5.41, 5.74) is 1.05. The van der Waals surface area contributed by atoms with E-state index in [4.69, 9.17) is 0 Å². The highest BCUT2D eigenvalue weighted by atomic mass is 32.2. The number of halogens is 1. The maximum Gasteiger partial charge on any atom is 0.323 e. The highest BCUT2D eigenvalue weighted by molar-refractivity contribution is 7.92. The van der Waals surface area contributed by atoms with Crippen molar-refractivity contribution in [2.24, 2.45) is 0 Å². The average Bonchev–Trinajstić information content (AvgIpc) is 3.09. The second-order valence-electron chi connectivity index (χ2n) is 6.41. The Labute approximate surface area is 169 Å². The molecule has 152 valence electrons. The molecule has 4 aromatic rings. The molecule has 10 heteroatoms. The van der Waals surface area contributed by atoms with E-state index in [1.54, 1.807) is 18.2 Å². The molecular formula is C20H15FN4O4S. The quantitative estimate of drug-likeness (QED) is 0.392. The summed E-state index contributed by atoms with van der Waals surface area (Å²) in [5.74, 6) is -1.26. The first-order valence-electron chi connectivity index (χ1n) is 8.73. The van der Waals surface area contributed by atoms with Gasteiger partial charge in [-0.15, -0.1) is 0 Å². The van der Waals surface area contributed by atoms with Crippen LogP contribution in [0.2, 0.25) is 0 Å². The number of carbonyl (C=O) groups is 1. The molecule has 0 aliphatic rings. The van der Waals surface area contributed by atoms with Crippen LogP contribution in [-0.4, -0.2) is 24.3 Å². The molecule has 0 saturated heterocycles. The number of hydrogen-bond donors (Lipinski definition) is 4. The summed E-state index contributed by atoms with van der Waals surface area (Å²) in [5, 5.41) is 2.65. The first-order chi connectivity index (χ1) is 14.3. The minimum absolute atomic E-state index is 0.0917. The number of H-pyrrole nitrogens is 2. The Morgan fingerprint density at radius 3 is 2.47 bits per heavy atom. The van der Waals surface area contributed by atoms with Crippen molar-refractivity contribution in [1.82, 2.24) is 9.97 Å². The molecule has 0 fully saturated rings. The number of imidazole rings is 1. The fraction of sp³-hybridized carbons (Fsp3) is 0. The van der Waals surface area contributed by atoms with Crippen molar-refractivity contribution >= 4 is 38.3 Å². The van der Waals surface area contributed by atoms with Crippen LogP contribution in [0.1, 0.15) is 10.4 Å². The number of amides is 1. The number of hydrogen-bond acceptors (Lipinski definition) is 4. The zero-order valence-corrected chi connectivity index (χ0v) is 16.1. The van der Waals surface area contributed by atoms with Crippen LogP contribution in [0, 0.1) is 5.82 Å². The van der Waals surface area contributed by atoms with Crippen LogP contribution >= 0.6 is 0 Å². The van der Waals surface area contributed by atoms with Crippen molar-refractivity contribution in [3.05, 3.63) is 88.6 Å². The van der Waals surface area contributed by atoms with Crippen LogP contribution in [0.5, 0.6) is 0 Å². The number of anilines is 2. The van der Waals surface area contributed by atoms with Gasteiger partial charge in [0.15, 0.2) is 0 Å². The number of rotatable bonds is 5. The van der Waals surface area contributed by atoms with Gasteiger partial charge in [0.25, 0.3) is 15.9 Å². The third-order valence-corrected chi connectivity index (χ3v) is 5.66. The molecule has 30 heavy (non-hydrogen) atoms. The number of nitrogens with one attached hydrogen (secondary N) is 4. The van der Waals surface area contributed by atoms with E-state index in [-0.39, 0.29) is 21.8 Å². The first kappa shape index (κ1) is 19.4. The zero-order valence-electron chi connectivity index (χ0n) is 15.3. The molecule has 0 saturated carbocycles. The lowest BCUT2D eigenvalue weighted by atomic mass is 10.2. The van der Waals surface area contributed by atoms with Gasteiger partial charge >= 0.3 is 5.69 Å². The molecule has 0 unspecified atom stereocenters. The van der Waals surface area contributed by atoms with Gasteiger partial charge in [0.05, 0.1) is 21.6 Å². The van der Waals surface area contributed by atoms with Crippen molar-refractivity contribution in [3.63, 3.8) is 0 Å². The number of sulfonamides is 1. The number of aromatic amines is 2. The van der Waals surface area contributed by atoms with Crippen molar-refractivity contribution in [2.75, 3.05) is 10.0 Å². The van der Waals surface area contributed by atoms with Gasteiger partial charge in [0.2, 0.25) is 0 Å². The number of para-hydroxylation sites is 1. The lowest BCUT2D eigenvalue weighted by Crippen LogP contribution is -2.16. The van der Waals surface area contributed by atoms with Gasteiger partial charge in [-0.1, -0.05) is 18.2 Å². The fourth-order valence-electron chi connectivity index (χ4n) is 2.87. The molecule has 1 aromatic heterocycles. The fourth-order valence-corrected chi connectivity index (χ4v) is 3.98. The molecule has 0 aliphatic heterocycles. The first-order valence-corrected chi connectivity index (χ1v) is 10.2. The third kappa shape index (κ3) is 3.94. The summed E-state index contributed by atoms with van der Waals surface area (Å²) in [6.07, 6.45) is 0. The summed E-state index contributed by atoms with van der Waals surface area (Å²) < 4.78 is 41.1. The molecule has 3 aromatic carbocycles. The van der Waals surface area contributed by atoms with E-state index in [2.05, 4.69) is 20.0 Å². The highest BCUT2D eigenvalue weighted by Crippen LogP contribution is 2.21. The van der Waals surface area contributed by atoms with Crippen molar-refractivity contribution in [1.29, 1.82) is 0 Å². The van der Waals surface area contributed by atoms with Crippen molar-refractivity contribution < 1.29 is 17.6 Å². The standard InChI is InChI=1S/C20H15FN4O4S/c21-15-6-1-2-7-16(15)25-30(28,29)14-5-3-4-12(10-14)19(26)22-13-8-9-17-18(11-13)24-20(27)23-17/h1-11,25H,(H,22,26)(H2,23,24,27). The number of benzene rings is 3. The minimum atomic E-state index is -4.10. The average molecular weight is 426 g/mol. The molecule has 0 radical (unpaired) electrons. The van der Waals surface area contributed by atoms with Crippen LogP contribution < -0.4 is 15.7 Å². The predicted molar refractivity (Wildman–Crippen MR) is 111 cm³/mol. The van der Waals surface area contributed by atoms with Gasteiger partial charge in [-0.05, 0) is 48.5 Å². The third-order valence-electron chi connectivity index (χ3n) is 4.30. The second kappa shape index (κ2) is 7.48. The molecule has 0 bridgehead atoms. The molecular weight excluding hydrogens is 411 g/mol. The maximum atomic E-state index is 13.8. The topological polar surface area (TPSA) is 124 Å². The number of aromatic nitrogens is 2. The molecule has 0 atom stereocenters. The Kier molecular flexibility index (Phi) is 4.84. The summed E-state index contributed by atoms with van der Waals surface area (Å²) >= 11 is 0. The van der Waals surface area contributed by atoms with E-state index in [9.17, 15) is 22.4 Å². The van der Waals surface area contributed by atoms with E-state index in [1.165, 1.54) is 42.5 Å². The van der Waals surface area contributed by atoms with E-state index >= 15 is 0 Å². The van der Waals surface area contributed by atoms with Gasteiger partial charge in [-0.2, -0.15) is 0 Å². The van der Waals surface area contributed by atoms with Crippen molar-refractivity contribution in [3.8, 4) is 0 Å². The predicted octanol–water partition coefficient (Wildman–Crippen LogP) is 3.05. The van der Waals surface area contributed by atoms with Crippen LogP contribution in [0.4, 0.5) is 15.8 Å². The summed E-state index contributed by atoms with van der Waals surface area (Å²) in [7, 11) is -4.10. The normalized spacial score (nSPS) is 11.4. The Morgan fingerprint density at radius 2 is 1.67 bits per heavy atom. The SMILES string of the molecule is O=C(Nc1ccc2[nH]c(=O)[nH]c2c1)c1cccc(S(=O)(=O)Nc2ccccc2F)c1. The Morgan fingerprint density at radius 1 is 0.900 bits per heavy atom. The lowest BCUT2D eigenvalue weighted by molar-refractivity contribution is 0.102. The number of fused-ring (bicyclic) bond motifs is 1. The molecule has 1 heterocycles. The van der Waals surface area contributed by atoms with E-state index in [1.807, 2.05) is 0 Å². The highest BCUT2D eigenvalue weighted by Gasteiger charge is 2.18. The molecule has 0 aliphatic carbocycles. The lowest BCUT2D eigenvalue weighted by Gasteiger charge is -2.10. The molecule has 1 amide bonds. The number of carbonyl (C=O) groups excluding carboxylic acids is 1. The monoisotopic (exact) mass is 426 g/mol. The zero-order chi connectivity index (χ0) is 21.3.